The topological polar surface area (TPSA) is 162 Å². The van der Waals surface area contributed by atoms with Crippen molar-refractivity contribution in [2.24, 2.45) is 15.3 Å². The molecule has 2 aromatic carbocycles. The minimum absolute atomic E-state index is 0.181. The van der Waals surface area contributed by atoms with Gasteiger partial charge in [-0.05, 0) is 64.3 Å². The second kappa shape index (κ2) is 8.51. The van der Waals surface area contributed by atoms with Crippen molar-refractivity contribution in [3.8, 4) is 0 Å². The number of fused-ring (bicyclic) bond motifs is 3. The van der Waals surface area contributed by atoms with Crippen LogP contribution in [-0.2, 0) is 6.42 Å². The number of hydrogen-bond donors (Lipinski definition) is 1. The smallest absolute Gasteiger partial charge is 0.0465 e. The van der Waals surface area contributed by atoms with Crippen LogP contribution in [0.2, 0.25) is 0 Å². The fourth-order valence-corrected chi connectivity index (χ4v) is 3.13. The van der Waals surface area contributed by atoms with Crippen LogP contribution in [0.5, 0.6) is 0 Å². The molecule has 0 aliphatic heterocycles. The molecule has 27 heavy (non-hydrogen) atoms. The van der Waals surface area contributed by atoms with Gasteiger partial charge in [-0.25, -0.2) is 0 Å². The number of benzene rings is 2. The van der Waals surface area contributed by atoms with Crippen molar-refractivity contribution in [2.75, 3.05) is 19.6 Å². The van der Waals surface area contributed by atoms with Crippen LogP contribution in [0.15, 0.2) is 51.7 Å². The van der Waals surface area contributed by atoms with E-state index in [9.17, 15) is 0 Å². The minimum atomic E-state index is -0.181. The van der Waals surface area contributed by atoms with Crippen LogP contribution in [0.1, 0.15) is 17.0 Å². The molecule has 10 nitrogen and oxygen atoms in total. The Morgan fingerprint density at radius 2 is 1.44 bits per heavy atom. The van der Waals surface area contributed by atoms with Crippen LogP contribution in [-0.4, -0.2) is 24.6 Å². The molecule has 0 bridgehead atoms. The molecule has 10 heteroatoms. The van der Waals surface area contributed by atoms with Gasteiger partial charge < -0.3 is 4.98 Å². The lowest BCUT2D eigenvalue weighted by Crippen LogP contribution is -2.06. The number of H-pyrrole nitrogens is 1. The lowest BCUT2D eigenvalue weighted by molar-refractivity contribution is 0.704. The minimum Gasteiger partial charge on any atom is -0.355 e. The molecule has 0 amide bonds. The SMILES string of the molecule is [N-]=[N+]=NCCc1ccc2[nH]c3ccc(C(CN=[N+]=[N-])CN=[N+]=[N-])cc3c2c1. The van der Waals surface area contributed by atoms with Gasteiger partial charge in [0.2, 0.25) is 0 Å². The Morgan fingerprint density at radius 1 is 0.815 bits per heavy atom. The van der Waals surface area contributed by atoms with E-state index in [2.05, 4.69) is 41.1 Å². The molecule has 134 valence electrons. The molecule has 0 aliphatic rings. The summed E-state index contributed by atoms with van der Waals surface area (Å²) in [5.74, 6) is -0.181. The van der Waals surface area contributed by atoms with E-state index in [4.69, 9.17) is 16.6 Å². The van der Waals surface area contributed by atoms with Gasteiger partial charge in [0.1, 0.15) is 0 Å². The zero-order chi connectivity index (χ0) is 19.1. The Balaban J connectivity index is 2.03. The average Bonchev–Trinajstić information content (AvgIpc) is 3.05. The van der Waals surface area contributed by atoms with E-state index in [1.807, 2.05) is 30.3 Å². The highest BCUT2D eigenvalue weighted by Gasteiger charge is 2.13. The zero-order valence-electron chi connectivity index (χ0n) is 14.4. The highest BCUT2D eigenvalue weighted by atomic mass is 15.1. The first kappa shape index (κ1) is 18.0. The number of aromatic nitrogens is 1. The molecular weight excluding hydrogens is 344 g/mol. The number of rotatable bonds is 8. The van der Waals surface area contributed by atoms with Crippen molar-refractivity contribution in [3.05, 3.63) is 78.9 Å². The van der Waals surface area contributed by atoms with E-state index in [0.717, 1.165) is 32.9 Å². The third kappa shape index (κ3) is 4.05. The Hall–Kier alpha value is -3.83. The average molecular weight is 360 g/mol. The van der Waals surface area contributed by atoms with Crippen molar-refractivity contribution in [2.45, 2.75) is 12.3 Å². The van der Waals surface area contributed by atoms with Gasteiger partial charge in [0.15, 0.2) is 0 Å². The quantitative estimate of drug-likeness (QED) is 0.288. The fraction of sp³-hybridized carbons (Fsp3) is 0.294. The van der Waals surface area contributed by atoms with Crippen molar-refractivity contribution in [3.63, 3.8) is 0 Å². The van der Waals surface area contributed by atoms with Crippen LogP contribution < -0.4 is 0 Å². The van der Waals surface area contributed by atoms with E-state index in [1.165, 1.54) is 0 Å². The lowest BCUT2D eigenvalue weighted by atomic mass is 9.97. The molecule has 0 fully saturated rings. The summed E-state index contributed by atoms with van der Waals surface area (Å²) in [5.41, 5.74) is 29.7. The Labute approximate surface area is 153 Å². The maximum Gasteiger partial charge on any atom is 0.0465 e. The number of azide groups is 3. The van der Waals surface area contributed by atoms with Gasteiger partial charge in [0.25, 0.3) is 0 Å². The summed E-state index contributed by atoms with van der Waals surface area (Å²) in [6, 6.07) is 12.1. The number of nitrogens with zero attached hydrogens (tertiary/aromatic N) is 9. The maximum absolute atomic E-state index is 8.61. The molecule has 0 atom stereocenters. The first-order valence-electron chi connectivity index (χ1n) is 8.33. The van der Waals surface area contributed by atoms with Crippen LogP contribution in [0.4, 0.5) is 0 Å². The Bertz CT molecular complexity index is 1090. The second-order valence-corrected chi connectivity index (χ2v) is 6.04. The summed E-state index contributed by atoms with van der Waals surface area (Å²) in [4.78, 5) is 11.8. The summed E-state index contributed by atoms with van der Waals surface area (Å²) < 4.78 is 0. The maximum atomic E-state index is 8.61. The standard InChI is InChI=1S/C17H16N10/c18-25-21-6-5-11-1-3-16-14(7-11)15-8-12(2-4-17(15)24-16)13(9-22-26-19)10-23-27-20/h1-4,7-8,13,24H,5-6,9-10H2. The predicted octanol–water partition coefficient (Wildman–Crippen LogP) is 5.88. The second-order valence-electron chi connectivity index (χ2n) is 6.04. The van der Waals surface area contributed by atoms with Crippen molar-refractivity contribution in [1.82, 2.24) is 4.98 Å². The third-order valence-electron chi connectivity index (χ3n) is 4.45. The van der Waals surface area contributed by atoms with Gasteiger partial charge >= 0.3 is 0 Å². The molecule has 0 spiro atoms. The monoisotopic (exact) mass is 360 g/mol. The van der Waals surface area contributed by atoms with E-state index in [1.54, 1.807) is 0 Å². The van der Waals surface area contributed by atoms with Gasteiger partial charge in [0.05, 0.1) is 0 Å². The van der Waals surface area contributed by atoms with Gasteiger partial charge in [-0.1, -0.05) is 27.5 Å². The van der Waals surface area contributed by atoms with Crippen LogP contribution >= 0.6 is 0 Å². The first-order chi connectivity index (χ1) is 13.3. The summed E-state index contributed by atoms with van der Waals surface area (Å²) >= 11 is 0. The summed E-state index contributed by atoms with van der Waals surface area (Å²) in [5, 5.41) is 13.0. The Morgan fingerprint density at radius 3 is 2.11 bits per heavy atom. The highest BCUT2D eigenvalue weighted by molar-refractivity contribution is 6.07. The fourth-order valence-electron chi connectivity index (χ4n) is 3.13. The molecule has 0 saturated carbocycles. The molecule has 0 saturated heterocycles. The van der Waals surface area contributed by atoms with E-state index in [0.29, 0.717) is 13.0 Å². The molecule has 1 N–H and O–H groups in total. The summed E-state index contributed by atoms with van der Waals surface area (Å²) in [6.07, 6.45) is 0.669. The number of aromatic amines is 1. The lowest BCUT2D eigenvalue weighted by Gasteiger charge is -2.12. The number of nitrogens with one attached hydrogen (secondary N) is 1. The van der Waals surface area contributed by atoms with E-state index in [-0.39, 0.29) is 19.0 Å². The molecule has 3 rings (SSSR count). The van der Waals surface area contributed by atoms with Crippen LogP contribution in [0.25, 0.3) is 53.1 Å². The first-order valence-corrected chi connectivity index (χ1v) is 8.33. The number of hydrogen-bond acceptors (Lipinski definition) is 3. The third-order valence-corrected chi connectivity index (χ3v) is 4.45. The van der Waals surface area contributed by atoms with Crippen molar-refractivity contribution < 1.29 is 0 Å². The molecule has 0 aliphatic carbocycles. The normalized spacial score (nSPS) is 11.4. The molecule has 3 aromatic rings. The Kier molecular flexibility index (Phi) is 5.67. The van der Waals surface area contributed by atoms with Gasteiger partial charge in [-0.2, -0.15) is 0 Å². The molecule has 0 radical (unpaired) electrons. The molecule has 0 unspecified atom stereocenters. The molecule has 1 heterocycles. The van der Waals surface area contributed by atoms with Crippen LogP contribution in [0, 0.1) is 0 Å². The largest absolute Gasteiger partial charge is 0.355 e. The summed E-state index contributed by atoms with van der Waals surface area (Å²) in [6.45, 7) is 0.859. The summed E-state index contributed by atoms with van der Waals surface area (Å²) in [7, 11) is 0. The zero-order valence-corrected chi connectivity index (χ0v) is 14.4. The van der Waals surface area contributed by atoms with Gasteiger partial charge in [-0.3, -0.25) is 0 Å². The van der Waals surface area contributed by atoms with Crippen LogP contribution in [0.3, 0.4) is 0 Å². The highest BCUT2D eigenvalue weighted by Crippen LogP contribution is 2.30. The predicted molar refractivity (Wildman–Crippen MR) is 104 cm³/mol. The molecular formula is C17H16N10. The van der Waals surface area contributed by atoms with Crippen molar-refractivity contribution >= 4 is 21.8 Å². The van der Waals surface area contributed by atoms with Gasteiger partial charge in [0, 0.05) is 56.2 Å². The molecule has 1 aromatic heterocycles. The van der Waals surface area contributed by atoms with E-state index >= 15 is 0 Å². The van der Waals surface area contributed by atoms with Crippen molar-refractivity contribution in [1.29, 1.82) is 0 Å². The van der Waals surface area contributed by atoms with Gasteiger partial charge in [-0.15, -0.1) is 0 Å². The van der Waals surface area contributed by atoms with E-state index < -0.39 is 0 Å².